The smallest absolute Gasteiger partial charge is 0.0946 e. The predicted octanol–water partition coefficient (Wildman–Crippen LogP) is 2.17. The molecule has 16 heavy (non-hydrogen) atoms. The third-order valence-electron chi connectivity index (χ3n) is 2.54. The highest BCUT2D eigenvalue weighted by Gasteiger charge is 2.02. The molecule has 0 saturated carbocycles. The summed E-state index contributed by atoms with van der Waals surface area (Å²) in [5, 5.41) is 7.86. The fraction of sp³-hybridized carbons (Fsp3) is 0.417. The molecule has 2 heterocycles. The molecule has 2 aromatic rings. The molecule has 1 atom stereocenters. The normalized spacial score (nSPS) is 12.8. The zero-order valence-electron chi connectivity index (χ0n) is 9.47. The Kier molecular flexibility index (Phi) is 4.13. The van der Waals surface area contributed by atoms with Crippen LogP contribution in [0.15, 0.2) is 35.5 Å². The van der Waals surface area contributed by atoms with Crippen molar-refractivity contribution in [3.63, 3.8) is 0 Å². The average molecular weight is 235 g/mol. The minimum absolute atomic E-state index is 0.526. The van der Waals surface area contributed by atoms with E-state index in [1.807, 2.05) is 18.7 Å². The molecular weight excluding hydrogens is 218 g/mol. The van der Waals surface area contributed by atoms with Crippen LogP contribution in [0.2, 0.25) is 0 Å². The Labute approximate surface area is 100 Å². The predicted molar refractivity (Wildman–Crippen MR) is 67.7 cm³/mol. The molecular formula is C12H17N3S. The molecule has 4 heteroatoms. The highest BCUT2D eigenvalue weighted by molar-refractivity contribution is 7.07. The van der Waals surface area contributed by atoms with Crippen LogP contribution in [-0.4, -0.2) is 22.1 Å². The fourth-order valence-corrected chi connectivity index (χ4v) is 2.38. The molecule has 0 amide bonds. The van der Waals surface area contributed by atoms with Gasteiger partial charge < -0.3 is 9.88 Å². The van der Waals surface area contributed by atoms with Crippen LogP contribution >= 0.6 is 11.3 Å². The summed E-state index contributed by atoms with van der Waals surface area (Å²) in [4.78, 5) is 4.02. The van der Waals surface area contributed by atoms with Gasteiger partial charge in [0, 0.05) is 31.5 Å². The quantitative estimate of drug-likeness (QED) is 0.831. The van der Waals surface area contributed by atoms with E-state index in [9.17, 15) is 0 Å². The van der Waals surface area contributed by atoms with Crippen LogP contribution in [0.3, 0.4) is 0 Å². The maximum atomic E-state index is 4.02. The SMILES string of the molecule is CC(Cc1ccsc1)NCCn1ccnc1. The minimum atomic E-state index is 0.526. The van der Waals surface area contributed by atoms with Crippen molar-refractivity contribution in [2.75, 3.05) is 6.54 Å². The molecule has 1 unspecified atom stereocenters. The van der Waals surface area contributed by atoms with Crippen molar-refractivity contribution in [3.05, 3.63) is 41.1 Å². The molecule has 86 valence electrons. The van der Waals surface area contributed by atoms with Gasteiger partial charge in [-0.3, -0.25) is 0 Å². The van der Waals surface area contributed by atoms with Crippen LogP contribution in [0.5, 0.6) is 0 Å². The lowest BCUT2D eigenvalue weighted by molar-refractivity contribution is 0.513. The Morgan fingerprint density at radius 1 is 1.56 bits per heavy atom. The third kappa shape index (κ3) is 3.47. The second kappa shape index (κ2) is 5.82. The van der Waals surface area contributed by atoms with Crippen LogP contribution in [0, 0.1) is 0 Å². The van der Waals surface area contributed by atoms with Crippen molar-refractivity contribution in [3.8, 4) is 0 Å². The largest absolute Gasteiger partial charge is 0.336 e. The highest BCUT2D eigenvalue weighted by Crippen LogP contribution is 2.08. The van der Waals surface area contributed by atoms with E-state index in [1.165, 1.54) is 5.56 Å². The van der Waals surface area contributed by atoms with Gasteiger partial charge in [0.25, 0.3) is 0 Å². The molecule has 0 aliphatic heterocycles. The molecule has 0 aliphatic carbocycles. The summed E-state index contributed by atoms with van der Waals surface area (Å²) in [6, 6.07) is 2.72. The number of rotatable bonds is 6. The molecule has 2 rings (SSSR count). The Bertz CT molecular complexity index is 380. The van der Waals surface area contributed by atoms with Crippen molar-refractivity contribution in [2.45, 2.75) is 25.9 Å². The lowest BCUT2D eigenvalue weighted by Crippen LogP contribution is -2.30. The first-order chi connectivity index (χ1) is 7.84. The number of hydrogen-bond donors (Lipinski definition) is 1. The summed E-state index contributed by atoms with van der Waals surface area (Å²) in [6.45, 7) is 4.20. The molecule has 0 spiro atoms. The van der Waals surface area contributed by atoms with Crippen molar-refractivity contribution >= 4 is 11.3 Å². The molecule has 0 radical (unpaired) electrons. The summed E-state index contributed by atoms with van der Waals surface area (Å²) < 4.78 is 2.09. The summed E-state index contributed by atoms with van der Waals surface area (Å²) in [5.74, 6) is 0. The number of thiophene rings is 1. The van der Waals surface area contributed by atoms with Gasteiger partial charge in [-0.2, -0.15) is 11.3 Å². The second-order valence-electron chi connectivity index (χ2n) is 3.99. The highest BCUT2D eigenvalue weighted by atomic mass is 32.1. The molecule has 0 aromatic carbocycles. The first kappa shape index (κ1) is 11.4. The average Bonchev–Trinajstić information content (AvgIpc) is 2.90. The van der Waals surface area contributed by atoms with Gasteiger partial charge in [-0.05, 0) is 35.7 Å². The Hall–Kier alpha value is -1.13. The Balaban J connectivity index is 1.66. The third-order valence-corrected chi connectivity index (χ3v) is 3.28. The van der Waals surface area contributed by atoms with E-state index >= 15 is 0 Å². The summed E-state index contributed by atoms with van der Waals surface area (Å²) in [7, 11) is 0. The molecule has 2 aromatic heterocycles. The van der Waals surface area contributed by atoms with Crippen molar-refractivity contribution in [2.24, 2.45) is 0 Å². The number of hydrogen-bond acceptors (Lipinski definition) is 3. The first-order valence-electron chi connectivity index (χ1n) is 5.55. The van der Waals surface area contributed by atoms with Crippen LogP contribution in [0.1, 0.15) is 12.5 Å². The van der Waals surface area contributed by atoms with E-state index in [1.54, 1.807) is 11.3 Å². The fourth-order valence-electron chi connectivity index (χ4n) is 1.69. The van der Waals surface area contributed by atoms with Gasteiger partial charge in [0.05, 0.1) is 6.33 Å². The van der Waals surface area contributed by atoms with E-state index in [2.05, 4.69) is 38.6 Å². The van der Waals surface area contributed by atoms with Gasteiger partial charge in [-0.1, -0.05) is 0 Å². The molecule has 0 aliphatic rings. The van der Waals surface area contributed by atoms with Crippen LogP contribution in [-0.2, 0) is 13.0 Å². The van der Waals surface area contributed by atoms with Gasteiger partial charge in [0.15, 0.2) is 0 Å². The van der Waals surface area contributed by atoms with Gasteiger partial charge >= 0.3 is 0 Å². The Morgan fingerprint density at radius 3 is 3.19 bits per heavy atom. The van der Waals surface area contributed by atoms with E-state index in [0.29, 0.717) is 6.04 Å². The number of nitrogens with one attached hydrogen (secondary N) is 1. The van der Waals surface area contributed by atoms with E-state index in [4.69, 9.17) is 0 Å². The summed E-state index contributed by atoms with van der Waals surface area (Å²) in [6.07, 6.45) is 6.76. The van der Waals surface area contributed by atoms with Gasteiger partial charge in [-0.15, -0.1) is 0 Å². The van der Waals surface area contributed by atoms with Crippen molar-refractivity contribution in [1.82, 2.24) is 14.9 Å². The number of aromatic nitrogens is 2. The van der Waals surface area contributed by atoms with E-state index in [-0.39, 0.29) is 0 Å². The zero-order chi connectivity index (χ0) is 11.2. The summed E-state index contributed by atoms with van der Waals surface area (Å²) >= 11 is 1.76. The number of imidazole rings is 1. The standard InChI is InChI=1S/C12H17N3S/c1-11(8-12-2-7-16-9-12)14-4-6-15-5-3-13-10-15/h2-3,5,7,9-11,14H,4,6,8H2,1H3. The monoisotopic (exact) mass is 235 g/mol. The number of nitrogens with zero attached hydrogens (tertiary/aromatic N) is 2. The van der Waals surface area contributed by atoms with Gasteiger partial charge in [0.1, 0.15) is 0 Å². The van der Waals surface area contributed by atoms with Crippen LogP contribution in [0.25, 0.3) is 0 Å². The minimum Gasteiger partial charge on any atom is -0.336 e. The van der Waals surface area contributed by atoms with Gasteiger partial charge in [-0.25, -0.2) is 4.98 Å². The Morgan fingerprint density at radius 2 is 2.50 bits per heavy atom. The first-order valence-corrected chi connectivity index (χ1v) is 6.49. The van der Waals surface area contributed by atoms with Crippen molar-refractivity contribution < 1.29 is 0 Å². The van der Waals surface area contributed by atoms with Crippen molar-refractivity contribution in [1.29, 1.82) is 0 Å². The lowest BCUT2D eigenvalue weighted by Gasteiger charge is -2.13. The molecule has 1 N–H and O–H groups in total. The summed E-state index contributed by atoms with van der Waals surface area (Å²) in [5.41, 5.74) is 1.42. The van der Waals surface area contributed by atoms with E-state index < -0.39 is 0 Å². The topological polar surface area (TPSA) is 29.9 Å². The molecule has 0 fully saturated rings. The lowest BCUT2D eigenvalue weighted by atomic mass is 10.1. The maximum absolute atomic E-state index is 4.02. The second-order valence-corrected chi connectivity index (χ2v) is 4.77. The maximum Gasteiger partial charge on any atom is 0.0946 e. The van der Waals surface area contributed by atoms with E-state index in [0.717, 1.165) is 19.5 Å². The molecule has 3 nitrogen and oxygen atoms in total. The molecule has 0 bridgehead atoms. The van der Waals surface area contributed by atoms with Gasteiger partial charge in [0.2, 0.25) is 0 Å². The molecule has 0 saturated heterocycles. The van der Waals surface area contributed by atoms with Crippen LogP contribution < -0.4 is 5.32 Å². The van der Waals surface area contributed by atoms with Crippen LogP contribution in [0.4, 0.5) is 0 Å². The zero-order valence-corrected chi connectivity index (χ0v) is 10.3.